The van der Waals surface area contributed by atoms with E-state index in [9.17, 15) is 10.2 Å². The van der Waals surface area contributed by atoms with Gasteiger partial charge in [0.25, 0.3) is 0 Å². The van der Waals surface area contributed by atoms with Gasteiger partial charge in [0.1, 0.15) is 25.3 Å². The molecule has 130 valence electrons. The standard InChI is InChI=1S/C17H38NO2.ClH/c1-5-8-11-16(19)14-18(4,13-10-7-3)15-17(20)12-9-6-2;/h16-17,19-20H,5-15H2,1-4H3;1H/q+1;/p-1. The van der Waals surface area contributed by atoms with E-state index in [1.807, 2.05) is 0 Å². The first-order valence-corrected chi connectivity index (χ1v) is 8.67. The molecule has 2 N–H and O–H groups in total. The number of halogens is 1. The summed E-state index contributed by atoms with van der Waals surface area (Å²) in [6, 6.07) is 0. The van der Waals surface area contributed by atoms with Crippen molar-refractivity contribution in [3.05, 3.63) is 0 Å². The Morgan fingerprint density at radius 3 is 1.48 bits per heavy atom. The van der Waals surface area contributed by atoms with E-state index in [1.54, 1.807) is 0 Å². The van der Waals surface area contributed by atoms with Crippen LogP contribution in [0.2, 0.25) is 0 Å². The maximum Gasteiger partial charge on any atom is 0.105 e. The summed E-state index contributed by atoms with van der Waals surface area (Å²) in [5.74, 6) is 0. The molecule has 4 heteroatoms. The molecule has 0 saturated heterocycles. The van der Waals surface area contributed by atoms with Crippen molar-refractivity contribution in [2.75, 3.05) is 26.7 Å². The first-order valence-electron chi connectivity index (χ1n) is 8.67. The molecule has 3 nitrogen and oxygen atoms in total. The van der Waals surface area contributed by atoms with Gasteiger partial charge in [-0.1, -0.05) is 52.9 Å². The van der Waals surface area contributed by atoms with Crippen molar-refractivity contribution in [1.82, 2.24) is 0 Å². The Bertz CT molecular complexity index is 211. The summed E-state index contributed by atoms with van der Waals surface area (Å²) in [5.41, 5.74) is 0. The topological polar surface area (TPSA) is 40.5 Å². The van der Waals surface area contributed by atoms with Crippen molar-refractivity contribution in [3.63, 3.8) is 0 Å². The van der Waals surface area contributed by atoms with Crippen LogP contribution in [-0.4, -0.2) is 53.6 Å². The van der Waals surface area contributed by atoms with Gasteiger partial charge >= 0.3 is 0 Å². The lowest BCUT2D eigenvalue weighted by molar-refractivity contribution is -0.915. The van der Waals surface area contributed by atoms with Crippen LogP contribution >= 0.6 is 0 Å². The lowest BCUT2D eigenvalue weighted by Gasteiger charge is -2.38. The molecule has 2 unspecified atom stereocenters. The number of hydrogen-bond acceptors (Lipinski definition) is 2. The Hall–Kier alpha value is 0.170. The molecule has 21 heavy (non-hydrogen) atoms. The molecule has 0 fully saturated rings. The molecule has 0 aromatic rings. The zero-order valence-electron chi connectivity index (χ0n) is 14.7. The summed E-state index contributed by atoms with van der Waals surface area (Å²) >= 11 is 0. The van der Waals surface area contributed by atoms with Gasteiger partial charge in [-0.3, -0.25) is 0 Å². The highest BCUT2D eigenvalue weighted by molar-refractivity contribution is 4.60. The number of quaternary nitrogens is 1. The van der Waals surface area contributed by atoms with Crippen LogP contribution in [0, 0.1) is 0 Å². The van der Waals surface area contributed by atoms with E-state index in [4.69, 9.17) is 0 Å². The molecule has 0 heterocycles. The first-order chi connectivity index (χ1) is 9.47. The van der Waals surface area contributed by atoms with Crippen molar-refractivity contribution in [2.24, 2.45) is 0 Å². The van der Waals surface area contributed by atoms with Gasteiger partial charge < -0.3 is 27.1 Å². The van der Waals surface area contributed by atoms with E-state index in [1.165, 1.54) is 6.42 Å². The summed E-state index contributed by atoms with van der Waals surface area (Å²) in [5, 5.41) is 20.4. The Balaban J connectivity index is 0. The van der Waals surface area contributed by atoms with Gasteiger partial charge in [0.2, 0.25) is 0 Å². The summed E-state index contributed by atoms with van der Waals surface area (Å²) in [6.07, 6.45) is 8.11. The van der Waals surface area contributed by atoms with Gasteiger partial charge in [-0.05, 0) is 19.3 Å². The van der Waals surface area contributed by atoms with Crippen LogP contribution in [0.25, 0.3) is 0 Å². The average molecular weight is 324 g/mol. The van der Waals surface area contributed by atoms with Crippen LogP contribution in [0.15, 0.2) is 0 Å². The highest BCUT2D eigenvalue weighted by Crippen LogP contribution is 2.14. The lowest BCUT2D eigenvalue weighted by atomic mass is 10.1. The molecule has 0 aliphatic heterocycles. The normalized spacial score (nSPS) is 16.9. The molecular weight excluding hydrogens is 286 g/mol. The number of hydrogen-bond donors (Lipinski definition) is 2. The summed E-state index contributed by atoms with van der Waals surface area (Å²) in [6.45, 7) is 9.14. The Kier molecular flexibility index (Phi) is 15.4. The minimum atomic E-state index is -0.227. The van der Waals surface area contributed by atoms with Crippen molar-refractivity contribution in [3.8, 4) is 0 Å². The zero-order valence-corrected chi connectivity index (χ0v) is 15.4. The predicted molar refractivity (Wildman–Crippen MR) is 86.8 cm³/mol. The van der Waals surface area contributed by atoms with E-state index in [-0.39, 0.29) is 24.6 Å². The molecule has 0 aliphatic rings. The van der Waals surface area contributed by atoms with Crippen LogP contribution in [-0.2, 0) is 0 Å². The maximum atomic E-state index is 10.2. The predicted octanol–water partition coefficient (Wildman–Crippen LogP) is 0.339. The van der Waals surface area contributed by atoms with Crippen LogP contribution < -0.4 is 12.4 Å². The van der Waals surface area contributed by atoms with Gasteiger partial charge in [-0.25, -0.2) is 0 Å². The van der Waals surface area contributed by atoms with Gasteiger partial charge in [0.15, 0.2) is 0 Å². The highest BCUT2D eigenvalue weighted by Gasteiger charge is 2.27. The lowest BCUT2D eigenvalue weighted by Crippen LogP contribution is -3.00. The van der Waals surface area contributed by atoms with E-state index >= 15 is 0 Å². The zero-order chi connectivity index (χ0) is 15.4. The smallest absolute Gasteiger partial charge is 0.105 e. The van der Waals surface area contributed by atoms with E-state index in [0.717, 1.165) is 69.1 Å². The quantitative estimate of drug-likeness (QED) is 0.480. The summed E-state index contributed by atoms with van der Waals surface area (Å²) in [7, 11) is 2.19. The molecule has 0 rings (SSSR count). The molecule has 0 saturated carbocycles. The minimum Gasteiger partial charge on any atom is -1.00 e. The Labute approximate surface area is 138 Å². The van der Waals surface area contributed by atoms with E-state index in [0.29, 0.717) is 0 Å². The van der Waals surface area contributed by atoms with Gasteiger partial charge in [-0.15, -0.1) is 0 Å². The molecule has 0 spiro atoms. The van der Waals surface area contributed by atoms with Gasteiger partial charge in [0.05, 0.1) is 13.6 Å². The molecule has 0 aromatic carbocycles. The second-order valence-corrected chi connectivity index (χ2v) is 6.65. The fourth-order valence-electron chi connectivity index (χ4n) is 2.88. The van der Waals surface area contributed by atoms with Gasteiger partial charge in [-0.2, -0.15) is 0 Å². The van der Waals surface area contributed by atoms with Crippen LogP contribution in [0.4, 0.5) is 0 Å². The number of aliphatic hydroxyl groups is 2. The SMILES string of the molecule is CCCCC(O)C[N+](C)(CCCC)CC(O)CCCC.[Cl-]. The molecule has 0 aliphatic carbocycles. The van der Waals surface area contributed by atoms with E-state index < -0.39 is 0 Å². The number of unbranched alkanes of at least 4 members (excludes halogenated alkanes) is 3. The number of rotatable bonds is 13. The van der Waals surface area contributed by atoms with Crippen LogP contribution in [0.5, 0.6) is 0 Å². The van der Waals surface area contributed by atoms with Crippen molar-refractivity contribution in [1.29, 1.82) is 0 Å². The molecule has 0 aromatic heterocycles. The number of nitrogens with zero attached hydrogens (tertiary/aromatic N) is 1. The summed E-state index contributed by atoms with van der Waals surface area (Å²) < 4.78 is 0.809. The second-order valence-electron chi connectivity index (χ2n) is 6.65. The van der Waals surface area contributed by atoms with Crippen molar-refractivity contribution in [2.45, 2.75) is 84.3 Å². The van der Waals surface area contributed by atoms with Crippen LogP contribution in [0.3, 0.4) is 0 Å². The molecule has 2 atom stereocenters. The third kappa shape index (κ3) is 12.4. The molecular formula is C17H38ClNO2. The van der Waals surface area contributed by atoms with Crippen molar-refractivity contribution < 1.29 is 27.1 Å². The molecule has 0 bridgehead atoms. The number of likely N-dealkylation sites (N-methyl/N-ethyl adjacent to an activating group) is 1. The first kappa shape index (κ1) is 23.4. The third-order valence-corrected chi connectivity index (χ3v) is 4.14. The monoisotopic (exact) mass is 323 g/mol. The minimum absolute atomic E-state index is 0. The van der Waals surface area contributed by atoms with Crippen LogP contribution in [0.1, 0.15) is 72.1 Å². The van der Waals surface area contributed by atoms with Crippen molar-refractivity contribution >= 4 is 0 Å². The largest absolute Gasteiger partial charge is 1.00 e. The second kappa shape index (κ2) is 13.8. The van der Waals surface area contributed by atoms with E-state index in [2.05, 4.69) is 27.8 Å². The Morgan fingerprint density at radius 1 is 0.762 bits per heavy atom. The fraction of sp³-hybridized carbons (Fsp3) is 1.00. The Morgan fingerprint density at radius 2 is 1.14 bits per heavy atom. The molecule has 0 radical (unpaired) electrons. The number of aliphatic hydroxyl groups excluding tert-OH is 2. The molecule has 0 amide bonds. The maximum absolute atomic E-state index is 10.2. The fourth-order valence-corrected chi connectivity index (χ4v) is 2.88. The highest BCUT2D eigenvalue weighted by atomic mass is 35.5. The average Bonchev–Trinajstić information content (AvgIpc) is 2.40. The third-order valence-electron chi connectivity index (χ3n) is 4.14. The van der Waals surface area contributed by atoms with Gasteiger partial charge in [0, 0.05) is 0 Å². The summed E-state index contributed by atoms with van der Waals surface area (Å²) in [4.78, 5) is 0.